The summed E-state index contributed by atoms with van der Waals surface area (Å²) in [5, 5.41) is 10.8. The van der Waals surface area contributed by atoms with E-state index in [4.69, 9.17) is 11.6 Å². The maximum absolute atomic E-state index is 10.8. The van der Waals surface area contributed by atoms with Gasteiger partial charge in [0.2, 0.25) is 11.2 Å². The summed E-state index contributed by atoms with van der Waals surface area (Å²) in [5.74, 6) is 0.538. The zero-order valence-electron chi connectivity index (χ0n) is 10.4. The van der Waals surface area contributed by atoms with Crippen LogP contribution in [-0.2, 0) is 0 Å². The van der Waals surface area contributed by atoms with Crippen molar-refractivity contribution in [3.05, 3.63) is 58.4 Å². The van der Waals surface area contributed by atoms with E-state index in [0.29, 0.717) is 5.56 Å². The number of benzene rings is 1. The first kappa shape index (κ1) is 13.1. The molecule has 0 aliphatic heterocycles. The van der Waals surface area contributed by atoms with Gasteiger partial charge in [-0.1, -0.05) is 12.1 Å². The molecule has 0 aliphatic carbocycles. The highest BCUT2D eigenvalue weighted by Crippen LogP contribution is 2.22. The van der Waals surface area contributed by atoms with Crippen molar-refractivity contribution in [2.24, 2.45) is 0 Å². The first-order chi connectivity index (χ1) is 10.1. The lowest BCUT2D eigenvalue weighted by atomic mass is 10.2. The van der Waals surface area contributed by atoms with Crippen LogP contribution in [-0.4, -0.2) is 29.4 Å². The number of imidazole rings is 1. The summed E-state index contributed by atoms with van der Waals surface area (Å²) >= 11 is 5.89. The third-order valence-corrected chi connectivity index (χ3v) is 2.82. The molecule has 0 saturated carbocycles. The molecule has 0 bridgehead atoms. The van der Waals surface area contributed by atoms with E-state index < -0.39 is 4.92 Å². The molecule has 8 nitrogen and oxygen atoms in total. The molecule has 0 unspecified atom stereocenters. The maximum Gasteiger partial charge on any atom is 0.270 e. The first-order valence-corrected chi connectivity index (χ1v) is 6.16. The largest absolute Gasteiger partial charge is 0.274 e. The zero-order valence-corrected chi connectivity index (χ0v) is 11.2. The number of nitro groups is 1. The van der Waals surface area contributed by atoms with Crippen LogP contribution in [0.15, 0.2) is 43.0 Å². The predicted molar refractivity (Wildman–Crippen MR) is 74.0 cm³/mol. The summed E-state index contributed by atoms with van der Waals surface area (Å²) in [6, 6.07) is 5.99. The summed E-state index contributed by atoms with van der Waals surface area (Å²) in [6.07, 6.45) is 4.75. The van der Waals surface area contributed by atoms with Gasteiger partial charge in [0.1, 0.15) is 6.33 Å². The van der Waals surface area contributed by atoms with Gasteiger partial charge in [-0.2, -0.15) is 15.0 Å². The van der Waals surface area contributed by atoms with Gasteiger partial charge in [0.15, 0.2) is 5.82 Å². The van der Waals surface area contributed by atoms with E-state index in [2.05, 4.69) is 19.9 Å². The number of nitrogens with zero attached hydrogens (tertiary/aromatic N) is 6. The molecule has 2 aromatic heterocycles. The molecule has 0 spiro atoms. The molecule has 0 atom stereocenters. The average molecular weight is 303 g/mol. The van der Waals surface area contributed by atoms with Gasteiger partial charge in [-0.25, -0.2) is 4.98 Å². The number of rotatable bonds is 3. The molecule has 0 N–H and O–H groups in total. The Kier molecular flexibility index (Phi) is 3.28. The Morgan fingerprint density at radius 1 is 1.24 bits per heavy atom. The van der Waals surface area contributed by atoms with Crippen molar-refractivity contribution >= 4 is 17.3 Å². The van der Waals surface area contributed by atoms with Crippen LogP contribution < -0.4 is 0 Å². The van der Waals surface area contributed by atoms with E-state index in [-0.39, 0.29) is 22.7 Å². The van der Waals surface area contributed by atoms with E-state index >= 15 is 0 Å². The van der Waals surface area contributed by atoms with Crippen molar-refractivity contribution in [1.82, 2.24) is 24.5 Å². The molecular weight excluding hydrogens is 296 g/mol. The van der Waals surface area contributed by atoms with Crippen molar-refractivity contribution in [3.8, 4) is 17.3 Å². The lowest BCUT2D eigenvalue weighted by molar-refractivity contribution is -0.384. The van der Waals surface area contributed by atoms with Crippen LogP contribution in [0.4, 0.5) is 5.69 Å². The van der Waals surface area contributed by atoms with Crippen LogP contribution in [0, 0.1) is 10.1 Å². The standard InChI is InChI=1S/C12H7ClN6O2/c13-11-15-10(8-2-1-3-9(6-8)19(20)21)16-12(17-11)18-5-4-14-7-18/h1-7H. The third kappa shape index (κ3) is 2.70. The number of aromatic nitrogens is 5. The minimum absolute atomic E-state index is 0.00444. The summed E-state index contributed by atoms with van der Waals surface area (Å²) in [4.78, 5) is 26.5. The molecule has 0 saturated heterocycles. The smallest absolute Gasteiger partial charge is 0.270 e. The molecular formula is C12H7ClN6O2. The van der Waals surface area contributed by atoms with Crippen LogP contribution in [0.1, 0.15) is 0 Å². The first-order valence-electron chi connectivity index (χ1n) is 5.78. The minimum atomic E-state index is -0.483. The quantitative estimate of drug-likeness (QED) is 0.543. The molecule has 9 heteroatoms. The molecule has 1 aromatic carbocycles. The lowest BCUT2D eigenvalue weighted by Crippen LogP contribution is -2.03. The minimum Gasteiger partial charge on any atom is -0.274 e. The van der Waals surface area contributed by atoms with E-state index in [0.717, 1.165) is 0 Å². The molecule has 2 heterocycles. The van der Waals surface area contributed by atoms with Crippen LogP contribution in [0.5, 0.6) is 0 Å². The Morgan fingerprint density at radius 2 is 2.10 bits per heavy atom. The molecule has 104 valence electrons. The molecule has 3 rings (SSSR count). The highest BCUT2D eigenvalue weighted by Gasteiger charge is 2.12. The summed E-state index contributed by atoms with van der Waals surface area (Å²) in [5.41, 5.74) is 0.433. The number of hydrogen-bond acceptors (Lipinski definition) is 6. The second-order valence-corrected chi connectivity index (χ2v) is 4.34. The normalized spacial score (nSPS) is 10.5. The Bertz CT molecular complexity index is 805. The average Bonchev–Trinajstić information content (AvgIpc) is 3.01. The van der Waals surface area contributed by atoms with Crippen LogP contribution in [0.25, 0.3) is 17.3 Å². The van der Waals surface area contributed by atoms with E-state index in [1.165, 1.54) is 18.5 Å². The summed E-state index contributed by atoms with van der Waals surface area (Å²) < 4.78 is 1.56. The Hall–Kier alpha value is -2.87. The van der Waals surface area contributed by atoms with Gasteiger partial charge in [0.25, 0.3) is 5.69 Å². The van der Waals surface area contributed by atoms with Gasteiger partial charge in [-0.15, -0.1) is 0 Å². The van der Waals surface area contributed by atoms with Crippen molar-refractivity contribution in [3.63, 3.8) is 0 Å². The van der Waals surface area contributed by atoms with Gasteiger partial charge in [-0.3, -0.25) is 14.7 Å². The third-order valence-electron chi connectivity index (χ3n) is 2.65. The number of halogens is 1. The van der Waals surface area contributed by atoms with E-state index in [9.17, 15) is 10.1 Å². The van der Waals surface area contributed by atoms with Gasteiger partial charge < -0.3 is 0 Å². The van der Waals surface area contributed by atoms with E-state index in [1.807, 2.05) is 0 Å². The fraction of sp³-hybridized carbons (Fsp3) is 0. The fourth-order valence-electron chi connectivity index (χ4n) is 1.72. The van der Waals surface area contributed by atoms with Gasteiger partial charge in [0, 0.05) is 30.1 Å². The van der Waals surface area contributed by atoms with Crippen molar-refractivity contribution < 1.29 is 4.92 Å². The predicted octanol–water partition coefficient (Wildman–Crippen LogP) is 2.29. The highest BCUT2D eigenvalue weighted by molar-refractivity contribution is 6.28. The second kappa shape index (κ2) is 5.25. The Balaban J connectivity index is 2.10. The number of nitro benzene ring substituents is 1. The van der Waals surface area contributed by atoms with Crippen LogP contribution in [0.2, 0.25) is 5.28 Å². The number of non-ortho nitro benzene ring substituents is 1. The van der Waals surface area contributed by atoms with Crippen molar-refractivity contribution in [1.29, 1.82) is 0 Å². The molecule has 3 aromatic rings. The number of hydrogen-bond donors (Lipinski definition) is 0. The fourth-order valence-corrected chi connectivity index (χ4v) is 1.88. The summed E-state index contributed by atoms with van der Waals surface area (Å²) in [6.45, 7) is 0. The molecule has 21 heavy (non-hydrogen) atoms. The maximum atomic E-state index is 10.8. The van der Waals surface area contributed by atoms with E-state index in [1.54, 1.807) is 29.1 Å². The van der Waals surface area contributed by atoms with Gasteiger partial charge in [-0.05, 0) is 11.6 Å². The SMILES string of the molecule is O=[N+]([O-])c1cccc(-c2nc(Cl)nc(-n3ccnc3)n2)c1. The van der Waals surface area contributed by atoms with Gasteiger partial charge >= 0.3 is 0 Å². The highest BCUT2D eigenvalue weighted by atomic mass is 35.5. The summed E-state index contributed by atoms with van der Waals surface area (Å²) in [7, 11) is 0. The second-order valence-electron chi connectivity index (χ2n) is 4.01. The Morgan fingerprint density at radius 3 is 2.81 bits per heavy atom. The molecule has 0 fully saturated rings. The zero-order chi connectivity index (χ0) is 14.8. The monoisotopic (exact) mass is 302 g/mol. The van der Waals surface area contributed by atoms with Crippen molar-refractivity contribution in [2.75, 3.05) is 0 Å². The van der Waals surface area contributed by atoms with Gasteiger partial charge in [0.05, 0.1) is 4.92 Å². The molecule has 0 radical (unpaired) electrons. The Labute approximate surface area is 123 Å². The molecule has 0 amide bonds. The molecule has 0 aliphatic rings. The van der Waals surface area contributed by atoms with Crippen LogP contribution in [0.3, 0.4) is 0 Å². The van der Waals surface area contributed by atoms with Crippen molar-refractivity contribution in [2.45, 2.75) is 0 Å². The van der Waals surface area contributed by atoms with Crippen LogP contribution >= 0.6 is 11.6 Å². The lowest BCUT2D eigenvalue weighted by Gasteiger charge is -2.04. The topological polar surface area (TPSA) is 99.6 Å².